The van der Waals surface area contributed by atoms with Gasteiger partial charge in [-0.3, -0.25) is 14.9 Å². The van der Waals surface area contributed by atoms with Gasteiger partial charge in [0.15, 0.2) is 0 Å². The highest BCUT2D eigenvalue weighted by molar-refractivity contribution is 5.96. The maximum absolute atomic E-state index is 12.3. The van der Waals surface area contributed by atoms with Crippen LogP contribution in [0.3, 0.4) is 0 Å². The van der Waals surface area contributed by atoms with E-state index in [-0.39, 0.29) is 29.2 Å². The fraction of sp³-hybridized carbons (Fsp3) is 0.375. The number of fused-ring (bicyclic) bond motifs is 1. The molecule has 1 saturated heterocycles. The summed E-state index contributed by atoms with van der Waals surface area (Å²) in [6, 6.07) is 13.8. The minimum absolute atomic E-state index is 0.156. The molecule has 0 amide bonds. The first kappa shape index (κ1) is 22.4. The molecule has 9 heteroatoms. The summed E-state index contributed by atoms with van der Waals surface area (Å²) in [6.07, 6.45) is 2.78. The van der Waals surface area contributed by atoms with Crippen molar-refractivity contribution in [2.24, 2.45) is 5.92 Å². The van der Waals surface area contributed by atoms with Gasteiger partial charge in [0.05, 0.1) is 23.1 Å². The highest BCUT2D eigenvalue weighted by atomic mass is 16.6. The Morgan fingerprint density at radius 3 is 2.76 bits per heavy atom. The summed E-state index contributed by atoms with van der Waals surface area (Å²) in [5, 5.41) is 14.3. The molecule has 2 aromatic carbocycles. The van der Waals surface area contributed by atoms with Gasteiger partial charge in [-0.1, -0.05) is 36.4 Å². The third-order valence-corrected chi connectivity index (χ3v) is 5.94. The smallest absolute Gasteiger partial charge is 0.353 e. The first-order valence-electron chi connectivity index (χ1n) is 11.2. The minimum atomic E-state index is -0.424. The van der Waals surface area contributed by atoms with Crippen molar-refractivity contribution in [1.29, 1.82) is 0 Å². The summed E-state index contributed by atoms with van der Waals surface area (Å²) in [5.41, 5.74) is 0.684. The van der Waals surface area contributed by atoms with Crippen molar-refractivity contribution in [2.45, 2.75) is 26.7 Å². The molecule has 1 aliphatic heterocycles. The monoisotopic (exact) mass is 449 g/mol. The highest BCUT2D eigenvalue weighted by Crippen LogP contribution is 2.40. The number of benzene rings is 2. The third kappa shape index (κ3) is 4.44. The summed E-state index contributed by atoms with van der Waals surface area (Å²) in [6.45, 7) is 5.40. The van der Waals surface area contributed by atoms with E-state index in [1.54, 1.807) is 6.92 Å². The molecule has 9 nitrogen and oxygen atoms in total. The minimum Gasteiger partial charge on any atom is -0.466 e. The molecule has 172 valence electrons. The zero-order valence-electron chi connectivity index (χ0n) is 18.8. The third-order valence-electron chi connectivity index (χ3n) is 5.94. The number of rotatable bonds is 7. The number of esters is 1. The van der Waals surface area contributed by atoms with Gasteiger partial charge in [-0.05, 0) is 38.1 Å². The Bertz CT molecular complexity index is 1160. The number of anilines is 3. The van der Waals surface area contributed by atoms with Gasteiger partial charge in [-0.25, -0.2) is 9.97 Å². The fourth-order valence-electron chi connectivity index (χ4n) is 4.45. The topological polar surface area (TPSA) is 102 Å². The number of carbonyl (C=O) groups excluding carboxylic acids is 1. The second kappa shape index (κ2) is 9.81. The molecule has 0 saturated carbocycles. The molecule has 1 aromatic heterocycles. The Labute approximate surface area is 192 Å². The molecule has 0 N–H and O–H groups in total. The van der Waals surface area contributed by atoms with Gasteiger partial charge in [-0.2, -0.15) is 0 Å². The van der Waals surface area contributed by atoms with Crippen LogP contribution in [-0.4, -0.2) is 47.1 Å². The van der Waals surface area contributed by atoms with Crippen molar-refractivity contribution in [3.63, 3.8) is 0 Å². The molecule has 0 radical (unpaired) electrons. The Balaban J connectivity index is 1.78. The van der Waals surface area contributed by atoms with E-state index in [0.29, 0.717) is 32.7 Å². The second-order valence-corrected chi connectivity index (χ2v) is 7.91. The quantitative estimate of drug-likeness (QED) is 0.296. The Morgan fingerprint density at radius 1 is 1.21 bits per heavy atom. The average Bonchev–Trinajstić information content (AvgIpc) is 2.84. The predicted molar refractivity (Wildman–Crippen MR) is 127 cm³/mol. The lowest BCUT2D eigenvalue weighted by molar-refractivity contribution is -0.383. The molecule has 0 spiro atoms. The van der Waals surface area contributed by atoms with Gasteiger partial charge in [0.1, 0.15) is 6.33 Å². The van der Waals surface area contributed by atoms with Crippen LogP contribution in [0.4, 0.5) is 23.0 Å². The van der Waals surface area contributed by atoms with E-state index in [4.69, 9.17) is 4.74 Å². The highest BCUT2D eigenvalue weighted by Gasteiger charge is 2.34. The summed E-state index contributed by atoms with van der Waals surface area (Å²) >= 11 is 0. The van der Waals surface area contributed by atoms with Crippen molar-refractivity contribution < 1.29 is 14.5 Å². The van der Waals surface area contributed by atoms with Gasteiger partial charge in [-0.15, -0.1) is 0 Å². The van der Waals surface area contributed by atoms with E-state index in [1.165, 1.54) is 6.33 Å². The number of nitrogens with zero attached hydrogens (tertiary/aromatic N) is 5. The molecule has 1 atom stereocenters. The van der Waals surface area contributed by atoms with Gasteiger partial charge in [0.2, 0.25) is 11.6 Å². The molecule has 1 fully saturated rings. The molecule has 1 unspecified atom stereocenters. The Morgan fingerprint density at radius 2 is 2.00 bits per heavy atom. The molecule has 33 heavy (non-hydrogen) atoms. The normalized spacial score (nSPS) is 15.9. The standard InChI is InChI=1S/C24H27N5O4/c1-3-28(20-13-7-10-17-9-5-6-12-19(17)20)23-21(29(31)32)22(25-16-26-23)27-14-8-11-18(15-27)24(30)33-4-2/h5-7,9-10,12-13,16,18H,3-4,8,11,14-15H2,1-2H3. The van der Waals surface area contributed by atoms with Gasteiger partial charge in [0, 0.05) is 25.0 Å². The Kier molecular flexibility index (Phi) is 6.67. The van der Waals surface area contributed by atoms with Gasteiger partial charge < -0.3 is 14.5 Å². The lowest BCUT2D eigenvalue weighted by Gasteiger charge is -2.32. The van der Waals surface area contributed by atoms with E-state index in [0.717, 1.165) is 22.9 Å². The van der Waals surface area contributed by atoms with Crippen molar-refractivity contribution in [3.8, 4) is 0 Å². The van der Waals surface area contributed by atoms with Crippen molar-refractivity contribution in [1.82, 2.24) is 9.97 Å². The number of nitro groups is 1. The van der Waals surface area contributed by atoms with Gasteiger partial charge >= 0.3 is 11.7 Å². The van der Waals surface area contributed by atoms with E-state index < -0.39 is 4.92 Å². The predicted octanol–water partition coefficient (Wildman–Crippen LogP) is 4.48. The van der Waals surface area contributed by atoms with Crippen LogP contribution in [0, 0.1) is 16.0 Å². The number of hydrogen-bond donors (Lipinski definition) is 0. The first-order chi connectivity index (χ1) is 16.0. The Hall–Kier alpha value is -3.75. The van der Waals surface area contributed by atoms with Crippen molar-refractivity contribution in [2.75, 3.05) is 36.0 Å². The van der Waals surface area contributed by atoms with Gasteiger partial charge in [0.25, 0.3) is 0 Å². The largest absolute Gasteiger partial charge is 0.466 e. The molecular formula is C24H27N5O4. The molecule has 2 heterocycles. The molecule has 0 bridgehead atoms. The van der Waals surface area contributed by atoms with Crippen LogP contribution in [0.15, 0.2) is 48.8 Å². The molecule has 4 rings (SSSR count). The number of ether oxygens (including phenoxy) is 1. The molecule has 3 aromatic rings. The summed E-state index contributed by atoms with van der Waals surface area (Å²) in [4.78, 5) is 36.5. The zero-order valence-corrected chi connectivity index (χ0v) is 18.8. The molecular weight excluding hydrogens is 422 g/mol. The van der Waals surface area contributed by atoms with Crippen LogP contribution in [0.25, 0.3) is 10.8 Å². The van der Waals surface area contributed by atoms with E-state index in [9.17, 15) is 14.9 Å². The lowest BCUT2D eigenvalue weighted by Crippen LogP contribution is -2.40. The number of carbonyl (C=O) groups is 1. The lowest BCUT2D eigenvalue weighted by atomic mass is 9.98. The van der Waals surface area contributed by atoms with E-state index in [2.05, 4.69) is 9.97 Å². The summed E-state index contributed by atoms with van der Waals surface area (Å²) in [7, 11) is 0. The van der Waals surface area contributed by atoms with Crippen LogP contribution in [0.1, 0.15) is 26.7 Å². The van der Waals surface area contributed by atoms with E-state index in [1.807, 2.05) is 59.2 Å². The van der Waals surface area contributed by atoms with Crippen LogP contribution in [0.2, 0.25) is 0 Å². The maximum Gasteiger partial charge on any atom is 0.353 e. The van der Waals surface area contributed by atoms with Crippen molar-refractivity contribution in [3.05, 3.63) is 58.9 Å². The first-order valence-corrected chi connectivity index (χ1v) is 11.2. The maximum atomic E-state index is 12.3. The summed E-state index contributed by atoms with van der Waals surface area (Å²) in [5.74, 6) is -0.137. The van der Waals surface area contributed by atoms with Crippen molar-refractivity contribution >= 4 is 39.8 Å². The SMILES string of the molecule is CCOC(=O)C1CCCN(c2ncnc(N(CC)c3cccc4ccccc34)c2[N+](=O)[O-])C1. The number of hydrogen-bond acceptors (Lipinski definition) is 8. The second-order valence-electron chi connectivity index (χ2n) is 7.91. The van der Waals surface area contributed by atoms with Crippen LogP contribution in [0.5, 0.6) is 0 Å². The average molecular weight is 450 g/mol. The fourth-order valence-corrected chi connectivity index (χ4v) is 4.45. The number of piperidine rings is 1. The molecule has 1 aliphatic rings. The van der Waals surface area contributed by atoms with Crippen LogP contribution < -0.4 is 9.80 Å². The zero-order chi connectivity index (χ0) is 23.4. The summed E-state index contributed by atoms with van der Waals surface area (Å²) < 4.78 is 5.18. The van der Waals surface area contributed by atoms with E-state index >= 15 is 0 Å². The van der Waals surface area contributed by atoms with Crippen LogP contribution >= 0.6 is 0 Å². The van der Waals surface area contributed by atoms with Crippen LogP contribution in [-0.2, 0) is 9.53 Å². The molecule has 0 aliphatic carbocycles. The number of aromatic nitrogens is 2.